The number of nitrogens with zero attached hydrogens (tertiary/aromatic N) is 3. The molecule has 0 aliphatic heterocycles. The predicted molar refractivity (Wildman–Crippen MR) is 101 cm³/mol. The number of para-hydroxylation sites is 1. The molecule has 1 aromatic heterocycles. The lowest BCUT2D eigenvalue weighted by atomic mass is 10.2. The highest BCUT2D eigenvalue weighted by Crippen LogP contribution is 2.15. The first-order valence-corrected chi connectivity index (χ1v) is 7.93. The minimum Gasteiger partial charge on any atom is -0.405 e. The molecule has 6 heteroatoms. The zero-order chi connectivity index (χ0) is 17.6. The largest absolute Gasteiger partial charge is 0.405 e. The van der Waals surface area contributed by atoms with E-state index in [0.717, 1.165) is 5.69 Å². The van der Waals surface area contributed by atoms with E-state index in [0.29, 0.717) is 16.4 Å². The Bertz CT molecular complexity index is 994. The summed E-state index contributed by atoms with van der Waals surface area (Å²) >= 11 is 6.03. The Kier molecular flexibility index (Phi) is 5.06. The summed E-state index contributed by atoms with van der Waals surface area (Å²) in [7, 11) is 0. The number of benzene rings is 2. The molecule has 124 valence electrons. The molecule has 5 nitrogen and oxygen atoms in total. The lowest BCUT2D eigenvalue weighted by molar-refractivity contribution is 0.829. The highest BCUT2D eigenvalue weighted by atomic mass is 35.5. The molecule has 0 saturated heterocycles. The number of aliphatic imine (C=N–C) groups is 1. The molecule has 0 aliphatic rings. The van der Waals surface area contributed by atoms with Crippen LogP contribution in [0, 0.1) is 0 Å². The van der Waals surface area contributed by atoms with E-state index < -0.39 is 0 Å². The molecule has 2 aromatic carbocycles. The number of allylic oxidation sites excluding steroid dienone is 1. The van der Waals surface area contributed by atoms with Gasteiger partial charge in [0.05, 0.1) is 17.1 Å². The molecule has 0 unspecified atom stereocenters. The number of nitrogens with two attached hydrogens (primary N) is 1. The van der Waals surface area contributed by atoms with Crippen molar-refractivity contribution in [1.29, 1.82) is 0 Å². The average molecular weight is 351 g/mol. The lowest BCUT2D eigenvalue weighted by Gasteiger charge is -2.08. The second-order valence-electron chi connectivity index (χ2n) is 5.14. The van der Waals surface area contributed by atoms with Crippen LogP contribution in [-0.2, 0) is 0 Å². The van der Waals surface area contributed by atoms with Gasteiger partial charge in [-0.25, -0.2) is 9.67 Å². The second-order valence-corrected chi connectivity index (χ2v) is 5.58. The molecule has 0 atom stereocenters. The number of aromatic nitrogens is 2. The number of halogens is 1. The van der Waals surface area contributed by atoms with E-state index >= 15 is 0 Å². The second kappa shape index (κ2) is 7.59. The molecule has 0 fully saturated rings. The topological polar surface area (TPSA) is 73.3 Å². The van der Waals surface area contributed by atoms with Crippen LogP contribution < -0.4 is 11.2 Å². The Balaban J connectivity index is 2.12. The third kappa shape index (κ3) is 4.02. The summed E-state index contributed by atoms with van der Waals surface area (Å²) in [6.07, 6.45) is 4.47. The summed E-state index contributed by atoms with van der Waals surface area (Å²) in [4.78, 5) is 16.8. The molecule has 0 radical (unpaired) electrons. The van der Waals surface area contributed by atoms with Gasteiger partial charge in [0, 0.05) is 17.3 Å². The maximum Gasteiger partial charge on any atom is 0.209 e. The van der Waals surface area contributed by atoms with Gasteiger partial charge in [0.1, 0.15) is 0 Å². The van der Waals surface area contributed by atoms with Crippen LogP contribution in [0.3, 0.4) is 0 Å². The average Bonchev–Trinajstić information content (AvgIpc) is 2.63. The van der Waals surface area contributed by atoms with Gasteiger partial charge in [-0.2, -0.15) is 5.10 Å². The first-order valence-electron chi connectivity index (χ1n) is 7.56. The van der Waals surface area contributed by atoms with Crippen LogP contribution >= 0.6 is 11.6 Å². The minimum absolute atomic E-state index is 0.202. The minimum atomic E-state index is -0.244. The van der Waals surface area contributed by atoms with Crippen molar-refractivity contribution >= 4 is 23.0 Å². The van der Waals surface area contributed by atoms with E-state index in [9.17, 15) is 4.79 Å². The Hall–Kier alpha value is -3.18. The van der Waals surface area contributed by atoms with Gasteiger partial charge in [-0.05, 0) is 42.6 Å². The Labute approximate surface area is 149 Å². The van der Waals surface area contributed by atoms with Crippen molar-refractivity contribution in [2.75, 3.05) is 0 Å². The molecule has 0 bridgehead atoms. The van der Waals surface area contributed by atoms with Crippen molar-refractivity contribution in [3.63, 3.8) is 0 Å². The van der Waals surface area contributed by atoms with E-state index in [-0.39, 0.29) is 11.1 Å². The lowest BCUT2D eigenvalue weighted by Crippen LogP contribution is -2.20. The molecule has 2 N–H and O–H groups in total. The van der Waals surface area contributed by atoms with E-state index in [1.165, 1.54) is 12.3 Å². The third-order valence-corrected chi connectivity index (χ3v) is 3.62. The molecular formula is C19H15ClN4O. The molecule has 3 rings (SSSR count). The van der Waals surface area contributed by atoms with E-state index in [4.69, 9.17) is 17.3 Å². The maximum absolute atomic E-state index is 12.3. The van der Waals surface area contributed by atoms with Gasteiger partial charge in [-0.15, -0.1) is 0 Å². The molecule has 0 amide bonds. The third-order valence-electron chi connectivity index (χ3n) is 3.38. The first-order chi connectivity index (χ1) is 12.2. The summed E-state index contributed by atoms with van der Waals surface area (Å²) in [5.41, 5.74) is 7.31. The monoisotopic (exact) mass is 350 g/mol. The van der Waals surface area contributed by atoms with Crippen LogP contribution in [0.15, 0.2) is 88.9 Å². The summed E-state index contributed by atoms with van der Waals surface area (Å²) in [6.45, 7) is 0. The Morgan fingerprint density at radius 2 is 1.92 bits per heavy atom. The van der Waals surface area contributed by atoms with Gasteiger partial charge in [0.15, 0.2) is 5.69 Å². The summed E-state index contributed by atoms with van der Waals surface area (Å²) in [5, 5.41) is 4.99. The smallest absolute Gasteiger partial charge is 0.209 e. The molecule has 0 aliphatic carbocycles. The van der Waals surface area contributed by atoms with Crippen molar-refractivity contribution in [2.24, 2.45) is 10.7 Å². The van der Waals surface area contributed by atoms with Crippen molar-refractivity contribution < 1.29 is 0 Å². The number of hydrogen-bond acceptors (Lipinski definition) is 4. The zero-order valence-electron chi connectivity index (χ0n) is 13.2. The molecule has 0 spiro atoms. The van der Waals surface area contributed by atoms with Gasteiger partial charge in [-0.3, -0.25) is 4.79 Å². The fourth-order valence-corrected chi connectivity index (χ4v) is 2.43. The Morgan fingerprint density at radius 1 is 1.12 bits per heavy atom. The molecule has 0 saturated carbocycles. The van der Waals surface area contributed by atoms with Crippen molar-refractivity contribution in [3.05, 3.63) is 100 Å². The maximum atomic E-state index is 12.3. The quantitative estimate of drug-likeness (QED) is 0.732. The zero-order valence-corrected chi connectivity index (χ0v) is 14.0. The SMILES string of the molecule is NC=CC(=Nc1ccccc1)c1nn(-c2cccc(Cl)c2)ccc1=O. The highest BCUT2D eigenvalue weighted by molar-refractivity contribution is 6.30. The van der Waals surface area contributed by atoms with Crippen LogP contribution in [0.1, 0.15) is 5.69 Å². The predicted octanol–water partition coefficient (Wildman–Crippen LogP) is 3.48. The van der Waals surface area contributed by atoms with Crippen LogP contribution in [0.25, 0.3) is 5.69 Å². The normalized spacial score (nSPS) is 11.8. The molecule has 25 heavy (non-hydrogen) atoms. The van der Waals surface area contributed by atoms with Crippen LogP contribution in [-0.4, -0.2) is 15.5 Å². The number of rotatable bonds is 4. The fourth-order valence-electron chi connectivity index (χ4n) is 2.25. The molecule has 1 heterocycles. The molecular weight excluding hydrogens is 336 g/mol. The van der Waals surface area contributed by atoms with Crippen LogP contribution in [0.4, 0.5) is 5.69 Å². The summed E-state index contributed by atoms with van der Waals surface area (Å²) in [6, 6.07) is 17.9. The first kappa shape index (κ1) is 16.7. The van der Waals surface area contributed by atoms with E-state index in [1.54, 1.807) is 29.1 Å². The van der Waals surface area contributed by atoms with Gasteiger partial charge >= 0.3 is 0 Å². The number of hydrogen-bond donors (Lipinski definition) is 1. The van der Waals surface area contributed by atoms with E-state index in [1.807, 2.05) is 42.5 Å². The summed E-state index contributed by atoms with van der Waals surface area (Å²) < 4.78 is 1.58. The van der Waals surface area contributed by atoms with Gasteiger partial charge in [0.25, 0.3) is 0 Å². The Morgan fingerprint density at radius 3 is 2.64 bits per heavy atom. The van der Waals surface area contributed by atoms with E-state index in [2.05, 4.69) is 10.1 Å². The van der Waals surface area contributed by atoms with Crippen molar-refractivity contribution in [3.8, 4) is 5.69 Å². The van der Waals surface area contributed by atoms with Gasteiger partial charge in [0.2, 0.25) is 5.43 Å². The van der Waals surface area contributed by atoms with Gasteiger partial charge < -0.3 is 5.73 Å². The summed E-state index contributed by atoms with van der Waals surface area (Å²) in [5.74, 6) is 0. The molecule has 3 aromatic rings. The van der Waals surface area contributed by atoms with Crippen LogP contribution in [0.5, 0.6) is 0 Å². The van der Waals surface area contributed by atoms with Crippen LogP contribution in [0.2, 0.25) is 5.02 Å². The van der Waals surface area contributed by atoms with Gasteiger partial charge in [-0.1, -0.05) is 35.9 Å². The van der Waals surface area contributed by atoms with Crippen molar-refractivity contribution in [1.82, 2.24) is 9.78 Å². The fraction of sp³-hybridized carbons (Fsp3) is 0. The standard InChI is InChI=1S/C19H15ClN4O/c20-14-5-4-8-16(13-14)24-12-10-18(25)19(23-24)17(9-11-21)22-15-6-2-1-3-7-15/h1-13H,21H2. The van der Waals surface area contributed by atoms with Crippen molar-refractivity contribution in [2.45, 2.75) is 0 Å². The highest BCUT2D eigenvalue weighted by Gasteiger charge is 2.10.